The molecular weight excluding hydrogens is 345 g/mol. The summed E-state index contributed by atoms with van der Waals surface area (Å²) in [7, 11) is 0. The maximum Gasteiger partial charge on any atom is 0.191 e. The summed E-state index contributed by atoms with van der Waals surface area (Å²) < 4.78 is 10.9. The van der Waals surface area contributed by atoms with Crippen molar-refractivity contribution in [1.29, 1.82) is 0 Å². The van der Waals surface area contributed by atoms with E-state index in [1.807, 2.05) is 0 Å². The smallest absolute Gasteiger partial charge is 0.191 e. The normalized spacial score (nSPS) is 29.8. The molecule has 2 N–H and O–H groups in total. The monoisotopic (exact) mass is 369 g/mol. The number of morpholine rings is 1. The second-order valence-electron chi connectivity index (χ2n) is 4.91. The van der Waals surface area contributed by atoms with Gasteiger partial charge in [-0.05, 0) is 19.8 Å². The SMILES string of the molecule is CC1CN(C(N)=NCC2CCCOC2)CCO1.I. The molecule has 6 heteroatoms. The van der Waals surface area contributed by atoms with E-state index in [9.17, 15) is 0 Å². The van der Waals surface area contributed by atoms with Crippen molar-refractivity contribution in [2.45, 2.75) is 25.9 Å². The molecule has 2 aliphatic heterocycles. The number of halogens is 1. The van der Waals surface area contributed by atoms with Crippen LogP contribution in [0.4, 0.5) is 0 Å². The Morgan fingerprint density at radius 2 is 2.28 bits per heavy atom. The van der Waals surface area contributed by atoms with Gasteiger partial charge in [-0.2, -0.15) is 0 Å². The predicted octanol–water partition coefficient (Wildman–Crippen LogP) is 1.07. The largest absolute Gasteiger partial charge is 0.381 e. The van der Waals surface area contributed by atoms with Gasteiger partial charge in [0.05, 0.1) is 19.3 Å². The summed E-state index contributed by atoms with van der Waals surface area (Å²) in [6, 6.07) is 0. The standard InChI is InChI=1S/C12H23N3O2.HI/c1-10-8-15(4-6-17-10)12(13)14-7-11-3-2-5-16-9-11;/h10-11H,2-9H2,1H3,(H2,13,14);1H. The van der Waals surface area contributed by atoms with Crippen LogP contribution in [0.2, 0.25) is 0 Å². The second kappa shape index (κ2) is 8.16. The third-order valence-corrected chi connectivity index (χ3v) is 3.33. The van der Waals surface area contributed by atoms with Gasteiger partial charge in [0.2, 0.25) is 0 Å². The molecule has 5 nitrogen and oxygen atoms in total. The first-order valence-electron chi connectivity index (χ1n) is 6.50. The van der Waals surface area contributed by atoms with Gasteiger partial charge in [0.25, 0.3) is 0 Å². The Kier molecular flexibility index (Phi) is 7.25. The molecule has 2 saturated heterocycles. The van der Waals surface area contributed by atoms with E-state index in [0.29, 0.717) is 11.9 Å². The summed E-state index contributed by atoms with van der Waals surface area (Å²) in [6.45, 7) is 7.01. The van der Waals surface area contributed by atoms with E-state index in [4.69, 9.17) is 15.2 Å². The van der Waals surface area contributed by atoms with Crippen molar-refractivity contribution in [3.63, 3.8) is 0 Å². The van der Waals surface area contributed by atoms with Crippen molar-refractivity contribution in [1.82, 2.24) is 4.90 Å². The molecule has 0 radical (unpaired) electrons. The van der Waals surface area contributed by atoms with E-state index in [0.717, 1.165) is 45.9 Å². The van der Waals surface area contributed by atoms with Crippen molar-refractivity contribution in [2.75, 3.05) is 39.5 Å². The summed E-state index contributed by atoms with van der Waals surface area (Å²) in [5, 5.41) is 0. The number of nitrogens with two attached hydrogens (primary N) is 1. The molecule has 2 atom stereocenters. The zero-order chi connectivity index (χ0) is 12.1. The van der Waals surface area contributed by atoms with E-state index >= 15 is 0 Å². The first kappa shape index (κ1) is 16.0. The fourth-order valence-electron chi connectivity index (χ4n) is 2.30. The van der Waals surface area contributed by atoms with Crippen LogP contribution in [0, 0.1) is 5.92 Å². The Morgan fingerprint density at radius 3 is 2.94 bits per heavy atom. The molecule has 2 rings (SSSR count). The van der Waals surface area contributed by atoms with Crippen LogP contribution in [0.3, 0.4) is 0 Å². The summed E-state index contributed by atoms with van der Waals surface area (Å²) in [4.78, 5) is 6.60. The molecule has 106 valence electrons. The summed E-state index contributed by atoms with van der Waals surface area (Å²) in [6.07, 6.45) is 2.60. The van der Waals surface area contributed by atoms with Crippen molar-refractivity contribution in [3.8, 4) is 0 Å². The third-order valence-electron chi connectivity index (χ3n) is 3.33. The van der Waals surface area contributed by atoms with Crippen LogP contribution in [-0.4, -0.2) is 56.4 Å². The van der Waals surface area contributed by atoms with E-state index in [-0.39, 0.29) is 30.1 Å². The van der Waals surface area contributed by atoms with Gasteiger partial charge in [0, 0.05) is 32.2 Å². The van der Waals surface area contributed by atoms with Crippen molar-refractivity contribution in [2.24, 2.45) is 16.6 Å². The molecule has 18 heavy (non-hydrogen) atoms. The maximum atomic E-state index is 6.01. The van der Waals surface area contributed by atoms with Crippen LogP contribution in [0.5, 0.6) is 0 Å². The third kappa shape index (κ3) is 4.89. The highest BCUT2D eigenvalue weighted by atomic mass is 127. The topological polar surface area (TPSA) is 60.1 Å². The lowest BCUT2D eigenvalue weighted by Gasteiger charge is -2.32. The van der Waals surface area contributed by atoms with Gasteiger partial charge in [0.1, 0.15) is 0 Å². The first-order valence-corrected chi connectivity index (χ1v) is 6.50. The maximum absolute atomic E-state index is 6.01. The summed E-state index contributed by atoms with van der Waals surface area (Å²) in [5.74, 6) is 1.20. The molecule has 2 fully saturated rings. The molecule has 0 aromatic heterocycles. The quantitative estimate of drug-likeness (QED) is 0.449. The Morgan fingerprint density at radius 1 is 1.44 bits per heavy atom. The molecule has 0 amide bonds. The Labute approximate surface area is 126 Å². The first-order chi connectivity index (χ1) is 8.25. The minimum atomic E-state index is 0. The molecule has 2 unspecified atom stereocenters. The highest BCUT2D eigenvalue weighted by Gasteiger charge is 2.19. The number of nitrogens with zero attached hydrogens (tertiary/aromatic N) is 2. The average Bonchev–Trinajstić information content (AvgIpc) is 2.37. The molecule has 0 aliphatic carbocycles. The number of guanidine groups is 1. The summed E-state index contributed by atoms with van der Waals surface area (Å²) in [5.41, 5.74) is 6.01. The molecular formula is C12H24IN3O2. The number of aliphatic imine (C=N–C) groups is 1. The fourth-order valence-corrected chi connectivity index (χ4v) is 2.30. The van der Waals surface area contributed by atoms with Crippen LogP contribution in [0.1, 0.15) is 19.8 Å². The van der Waals surface area contributed by atoms with Crippen molar-refractivity contribution < 1.29 is 9.47 Å². The number of rotatable bonds is 2. The lowest BCUT2D eigenvalue weighted by molar-refractivity contribution is 0.00515. The molecule has 2 aliphatic rings. The Bertz CT molecular complexity index is 270. The van der Waals surface area contributed by atoms with Gasteiger partial charge in [-0.15, -0.1) is 24.0 Å². The highest BCUT2D eigenvalue weighted by Crippen LogP contribution is 2.13. The molecule has 0 bridgehead atoms. The van der Waals surface area contributed by atoms with E-state index in [2.05, 4.69) is 16.8 Å². The fraction of sp³-hybridized carbons (Fsp3) is 0.917. The lowest BCUT2D eigenvalue weighted by Crippen LogP contribution is -2.48. The second-order valence-corrected chi connectivity index (χ2v) is 4.91. The zero-order valence-electron chi connectivity index (χ0n) is 11.0. The van der Waals surface area contributed by atoms with E-state index in [1.54, 1.807) is 0 Å². The zero-order valence-corrected chi connectivity index (χ0v) is 13.3. The molecule has 0 saturated carbocycles. The van der Waals surface area contributed by atoms with E-state index in [1.165, 1.54) is 6.42 Å². The minimum Gasteiger partial charge on any atom is -0.381 e. The van der Waals surface area contributed by atoms with Crippen molar-refractivity contribution in [3.05, 3.63) is 0 Å². The van der Waals surface area contributed by atoms with Crippen LogP contribution in [0.15, 0.2) is 4.99 Å². The molecule has 0 aromatic carbocycles. The van der Waals surface area contributed by atoms with Gasteiger partial charge < -0.3 is 20.1 Å². The van der Waals surface area contributed by atoms with Gasteiger partial charge in [-0.3, -0.25) is 4.99 Å². The predicted molar refractivity (Wildman–Crippen MR) is 82.4 cm³/mol. The van der Waals surface area contributed by atoms with Gasteiger partial charge in [-0.25, -0.2) is 0 Å². The van der Waals surface area contributed by atoms with Crippen LogP contribution in [0.25, 0.3) is 0 Å². The Balaban J connectivity index is 0.00000162. The molecule has 0 spiro atoms. The number of hydrogen-bond acceptors (Lipinski definition) is 3. The van der Waals surface area contributed by atoms with Crippen LogP contribution < -0.4 is 5.73 Å². The number of hydrogen-bond donors (Lipinski definition) is 1. The van der Waals surface area contributed by atoms with Crippen LogP contribution >= 0.6 is 24.0 Å². The highest BCUT2D eigenvalue weighted by molar-refractivity contribution is 14.0. The average molecular weight is 369 g/mol. The van der Waals surface area contributed by atoms with Gasteiger partial charge >= 0.3 is 0 Å². The van der Waals surface area contributed by atoms with Gasteiger partial charge in [0.15, 0.2) is 5.96 Å². The lowest BCUT2D eigenvalue weighted by atomic mass is 10.0. The molecule has 2 heterocycles. The summed E-state index contributed by atoms with van der Waals surface area (Å²) >= 11 is 0. The Hall–Kier alpha value is -0.0800. The number of ether oxygens (including phenoxy) is 2. The van der Waals surface area contributed by atoms with E-state index < -0.39 is 0 Å². The minimum absolute atomic E-state index is 0. The molecule has 0 aromatic rings. The van der Waals surface area contributed by atoms with Gasteiger partial charge in [-0.1, -0.05) is 0 Å². The van der Waals surface area contributed by atoms with Crippen LogP contribution in [-0.2, 0) is 9.47 Å². The van der Waals surface area contributed by atoms with Crippen molar-refractivity contribution >= 4 is 29.9 Å².